The molecule has 134 valence electrons. The molecular formula is C22H16BrNO3. The van der Waals surface area contributed by atoms with Gasteiger partial charge in [-0.1, -0.05) is 46.3 Å². The Labute approximate surface area is 164 Å². The normalized spacial score (nSPS) is 20.0. The first-order chi connectivity index (χ1) is 13.0. The molecule has 0 saturated heterocycles. The monoisotopic (exact) mass is 421 g/mol. The molecule has 3 aromatic carbocycles. The third-order valence-corrected chi connectivity index (χ3v) is 6.14. The second-order valence-electron chi connectivity index (χ2n) is 7.22. The lowest BCUT2D eigenvalue weighted by Crippen LogP contribution is -2.36. The summed E-state index contributed by atoms with van der Waals surface area (Å²) in [6.45, 7) is 0. The summed E-state index contributed by atoms with van der Waals surface area (Å²) in [5, 5.41) is 15.8. The third kappa shape index (κ3) is 2.38. The summed E-state index contributed by atoms with van der Waals surface area (Å²) in [7, 11) is 0. The van der Waals surface area contributed by atoms with Crippen LogP contribution in [0.5, 0.6) is 0 Å². The predicted octanol–water partition coefficient (Wildman–Crippen LogP) is 4.11. The van der Waals surface area contributed by atoms with Gasteiger partial charge in [-0.2, -0.15) is 0 Å². The quantitative estimate of drug-likeness (QED) is 0.625. The Morgan fingerprint density at radius 2 is 1.89 bits per heavy atom. The predicted molar refractivity (Wildman–Crippen MR) is 107 cm³/mol. The van der Waals surface area contributed by atoms with Crippen LogP contribution in [-0.2, 0) is 23.2 Å². The summed E-state index contributed by atoms with van der Waals surface area (Å²) in [4.78, 5) is 25.6. The van der Waals surface area contributed by atoms with Crippen molar-refractivity contribution in [3.05, 3.63) is 75.3 Å². The minimum absolute atomic E-state index is 0.240. The minimum Gasteiger partial charge on any atom is -0.375 e. The number of amides is 1. The number of halogens is 1. The summed E-state index contributed by atoms with van der Waals surface area (Å²) in [6, 6.07) is 15.0. The van der Waals surface area contributed by atoms with Crippen molar-refractivity contribution >= 4 is 44.1 Å². The van der Waals surface area contributed by atoms with Gasteiger partial charge >= 0.3 is 0 Å². The molecule has 0 bridgehead atoms. The molecule has 27 heavy (non-hydrogen) atoms. The first-order valence-corrected chi connectivity index (χ1v) is 9.67. The molecule has 5 heteroatoms. The van der Waals surface area contributed by atoms with Crippen LogP contribution in [0, 0.1) is 0 Å². The van der Waals surface area contributed by atoms with E-state index < -0.39 is 11.5 Å². The molecule has 0 saturated carbocycles. The number of hydrogen-bond acceptors (Lipinski definition) is 3. The Morgan fingerprint density at radius 3 is 2.70 bits per heavy atom. The molecule has 5 rings (SSSR count). The molecule has 1 amide bonds. The number of carbonyl (C=O) groups is 2. The molecule has 1 heterocycles. The highest BCUT2D eigenvalue weighted by atomic mass is 79.9. The number of ketones is 1. The van der Waals surface area contributed by atoms with Gasteiger partial charge in [-0.15, -0.1) is 0 Å². The van der Waals surface area contributed by atoms with Crippen LogP contribution in [0.1, 0.15) is 33.5 Å². The van der Waals surface area contributed by atoms with Crippen LogP contribution >= 0.6 is 15.9 Å². The maximum absolute atomic E-state index is 13.2. The van der Waals surface area contributed by atoms with Crippen molar-refractivity contribution in [2.75, 3.05) is 5.32 Å². The van der Waals surface area contributed by atoms with Crippen LogP contribution in [0.2, 0.25) is 0 Å². The van der Waals surface area contributed by atoms with E-state index in [0.717, 1.165) is 28.1 Å². The Kier molecular flexibility index (Phi) is 3.55. The zero-order valence-corrected chi connectivity index (χ0v) is 16.0. The van der Waals surface area contributed by atoms with Crippen LogP contribution in [0.3, 0.4) is 0 Å². The SMILES string of the molecule is O=C(C[C@@]1(O)C(=O)Nc2ccc(Br)cc21)c1ccc2c3c(cccc13)CC2. The van der Waals surface area contributed by atoms with Crippen molar-refractivity contribution in [2.45, 2.75) is 24.9 Å². The maximum atomic E-state index is 13.2. The minimum atomic E-state index is -1.86. The van der Waals surface area contributed by atoms with E-state index in [9.17, 15) is 14.7 Å². The topological polar surface area (TPSA) is 66.4 Å². The third-order valence-electron chi connectivity index (χ3n) is 5.64. The molecule has 0 radical (unpaired) electrons. The number of benzene rings is 3. The van der Waals surface area contributed by atoms with Crippen LogP contribution in [0.4, 0.5) is 5.69 Å². The molecule has 1 aliphatic carbocycles. The molecule has 0 fully saturated rings. The smallest absolute Gasteiger partial charge is 0.261 e. The molecule has 0 spiro atoms. The molecule has 0 aromatic heterocycles. The fourth-order valence-corrected chi connectivity index (χ4v) is 4.67. The van der Waals surface area contributed by atoms with Gasteiger partial charge in [0.15, 0.2) is 11.4 Å². The lowest BCUT2D eigenvalue weighted by Gasteiger charge is -2.20. The van der Waals surface area contributed by atoms with Gasteiger partial charge in [-0.05, 0) is 52.9 Å². The summed E-state index contributed by atoms with van der Waals surface area (Å²) in [6.07, 6.45) is 1.68. The van der Waals surface area contributed by atoms with Gasteiger partial charge in [-0.25, -0.2) is 0 Å². The number of rotatable bonds is 3. The summed E-state index contributed by atoms with van der Waals surface area (Å²) >= 11 is 3.37. The Morgan fingerprint density at radius 1 is 1.11 bits per heavy atom. The van der Waals surface area contributed by atoms with Gasteiger partial charge in [-0.3, -0.25) is 9.59 Å². The molecule has 0 unspecified atom stereocenters. The van der Waals surface area contributed by atoms with Crippen molar-refractivity contribution in [1.82, 2.24) is 0 Å². The van der Waals surface area contributed by atoms with Crippen LogP contribution in [0.15, 0.2) is 53.0 Å². The molecule has 3 aromatic rings. The van der Waals surface area contributed by atoms with Gasteiger partial charge < -0.3 is 10.4 Å². The average Bonchev–Trinajstić information content (AvgIpc) is 3.17. The second-order valence-corrected chi connectivity index (χ2v) is 8.13. The Balaban J connectivity index is 1.59. The van der Waals surface area contributed by atoms with Crippen LogP contribution < -0.4 is 5.32 Å². The number of aliphatic hydroxyl groups is 1. The van der Waals surface area contributed by atoms with E-state index >= 15 is 0 Å². The van der Waals surface area contributed by atoms with E-state index in [2.05, 4.69) is 27.3 Å². The number of aryl methyl sites for hydroxylation is 2. The van der Waals surface area contributed by atoms with Crippen LogP contribution in [-0.4, -0.2) is 16.8 Å². The van der Waals surface area contributed by atoms with E-state index in [1.54, 1.807) is 18.2 Å². The molecular weight excluding hydrogens is 406 g/mol. The highest BCUT2D eigenvalue weighted by Crippen LogP contribution is 2.41. The highest BCUT2D eigenvalue weighted by molar-refractivity contribution is 9.10. The van der Waals surface area contributed by atoms with Crippen molar-refractivity contribution in [3.63, 3.8) is 0 Å². The molecule has 4 nitrogen and oxygen atoms in total. The Hall–Kier alpha value is -2.50. The number of anilines is 1. The highest BCUT2D eigenvalue weighted by Gasteiger charge is 2.47. The van der Waals surface area contributed by atoms with Crippen molar-refractivity contribution in [3.8, 4) is 0 Å². The maximum Gasteiger partial charge on any atom is 0.261 e. The lowest BCUT2D eigenvalue weighted by molar-refractivity contribution is -0.133. The standard InChI is InChI=1S/C22H16BrNO3/c23-14-7-9-18-17(10-14)22(27,21(26)24-18)11-19(25)15-8-6-13-5-4-12-2-1-3-16(15)20(12)13/h1-3,6-10,27H,4-5,11H2,(H,24,26)/t22-/m0/s1. The number of carbonyl (C=O) groups excluding carboxylic acids is 2. The largest absolute Gasteiger partial charge is 0.375 e. The average molecular weight is 422 g/mol. The van der Waals surface area contributed by atoms with Gasteiger partial charge in [0.05, 0.1) is 6.42 Å². The first-order valence-electron chi connectivity index (χ1n) is 8.88. The molecule has 2 aliphatic rings. The van der Waals surface area contributed by atoms with Crippen molar-refractivity contribution in [1.29, 1.82) is 0 Å². The number of nitrogens with one attached hydrogen (secondary N) is 1. The van der Waals surface area contributed by atoms with E-state index in [-0.39, 0.29) is 12.2 Å². The second kappa shape index (κ2) is 5.75. The van der Waals surface area contributed by atoms with Crippen LogP contribution in [0.25, 0.3) is 10.8 Å². The zero-order valence-electron chi connectivity index (χ0n) is 14.4. The fraction of sp³-hybridized carbons (Fsp3) is 0.182. The number of fused-ring (bicyclic) bond motifs is 1. The van der Waals surface area contributed by atoms with Crippen molar-refractivity contribution in [2.24, 2.45) is 0 Å². The van der Waals surface area contributed by atoms with E-state index in [4.69, 9.17) is 0 Å². The number of hydrogen-bond donors (Lipinski definition) is 2. The molecule has 1 aliphatic heterocycles. The molecule has 2 N–H and O–H groups in total. The lowest BCUT2D eigenvalue weighted by atomic mass is 9.86. The van der Waals surface area contributed by atoms with Gasteiger partial charge in [0.25, 0.3) is 5.91 Å². The summed E-state index contributed by atoms with van der Waals surface area (Å²) in [5.41, 5.74) is 2.17. The molecule has 1 atom stereocenters. The van der Waals surface area contributed by atoms with E-state index in [1.807, 2.05) is 24.3 Å². The zero-order chi connectivity index (χ0) is 18.8. The summed E-state index contributed by atoms with van der Waals surface area (Å²) < 4.78 is 0.744. The van der Waals surface area contributed by atoms with Gasteiger partial charge in [0.2, 0.25) is 0 Å². The number of Topliss-reactive ketones (excluding diaryl/α,β-unsaturated/α-hetero) is 1. The first kappa shape index (κ1) is 16.7. The van der Waals surface area contributed by atoms with Crippen molar-refractivity contribution < 1.29 is 14.7 Å². The fourth-order valence-electron chi connectivity index (χ4n) is 4.31. The van der Waals surface area contributed by atoms with E-state index in [1.165, 1.54) is 11.1 Å². The van der Waals surface area contributed by atoms with Gasteiger partial charge in [0, 0.05) is 21.3 Å². The summed E-state index contributed by atoms with van der Waals surface area (Å²) in [5.74, 6) is -0.800. The van der Waals surface area contributed by atoms with E-state index in [0.29, 0.717) is 16.8 Å². The Bertz CT molecular complexity index is 1140. The van der Waals surface area contributed by atoms with Gasteiger partial charge in [0.1, 0.15) is 0 Å².